The van der Waals surface area contributed by atoms with Crippen molar-refractivity contribution in [1.29, 1.82) is 0 Å². The van der Waals surface area contributed by atoms with Crippen molar-refractivity contribution in [3.05, 3.63) is 36.2 Å². The number of amides is 1. The average Bonchev–Trinajstić information content (AvgIpc) is 3.10. The molecule has 1 aliphatic rings. The summed E-state index contributed by atoms with van der Waals surface area (Å²) in [6.07, 6.45) is 7.85. The van der Waals surface area contributed by atoms with E-state index >= 15 is 0 Å². The van der Waals surface area contributed by atoms with E-state index in [1.807, 2.05) is 35.2 Å². The Kier molecular flexibility index (Phi) is 5.34. The Morgan fingerprint density at radius 1 is 1.17 bits per heavy atom. The summed E-state index contributed by atoms with van der Waals surface area (Å²) < 4.78 is 0. The van der Waals surface area contributed by atoms with Crippen LogP contribution in [0.15, 0.2) is 30.3 Å². The van der Waals surface area contributed by atoms with Gasteiger partial charge in [-0.25, -0.2) is 0 Å². The van der Waals surface area contributed by atoms with Crippen LogP contribution in [0.3, 0.4) is 0 Å². The van der Waals surface area contributed by atoms with Gasteiger partial charge in [-0.2, -0.15) is 5.21 Å². The fraction of sp³-hybridized carbons (Fsp3) is 0.529. The Hall–Kier alpha value is -2.24. The zero-order valence-corrected chi connectivity index (χ0v) is 13.3. The van der Waals surface area contributed by atoms with Crippen molar-refractivity contribution in [2.24, 2.45) is 0 Å². The van der Waals surface area contributed by atoms with Crippen molar-refractivity contribution in [1.82, 2.24) is 20.6 Å². The van der Waals surface area contributed by atoms with Gasteiger partial charge in [-0.15, -0.1) is 10.2 Å². The average molecular weight is 313 g/mol. The molecule has 3 rings (SSSR count). The van der Waals surface area contributed by atoms with Gasteiger partial charge in [0.25, 0.3) is 0 Å². The fourth-order valence-electron chi connectivity index (χ4n) is 3.29. The molecule has 1 aromatic carbocycles. The molecule has 1 N–H and O–H groups in total. The van der Waals surface area contributed by atoms with Crippen LogP contribution >= 0.6 is 0 Å². The number of carbonyl (C=O) groups is 1. The number of nitrogens with zero attached hydrogens (tertiary/aromatic N) is 4. The highest BCUT2D eigenvalue weighted by Crippen LogP contribution is 2.28. The van der Waals surface area contributed by atoms with Gasteiger partial charge >= 0.3 is 0 Å². The molecule has 1 amide bonds. The molecule has 6 nitrogen and oxygen atoms in total. The molecule has 1 aromatic heterocycles. The third kappa shape index (κ3) is 4.15. The summed E-state index contributed by atoms with van der Waals surface area (Å²) in [6, 6.07) is 10.4. The summed E-state index contributed by atoms with van der Waals surface area (Å²) in [5, 5.41) is 13.9. The van der Waals surface area contributed by atoms with Gasteiger partial charge in [0.05, 0.1) is 0 Å². The number of carbonyl (C=O) groups excluding carboxylic acids is 1. The van der Waals surface area contributed by atoms with Crippen molar-refractivity contribution in [2.45, 2.75) is 57.4 Å². The van der Waals surface area contributed by atoms with E-state index in [1.165, 1.54) is 19.3 Å². The molecule has 1 fully saturated rings. The van der Waals surface area contributed by atoms with Crippen LogP contribution in [0, 0.1) is 0 Å². The molecule has 1 heterocycles. The van der Waals surface area contributed by atoms with Crippen LogP contribution in [-0.4, -0.2) is 32.6 Å². The van der Waals surface area contributed by atoms with E-state index in [2.05, 4.69) is 20.6 Å². The van der Waals surface area contributed by atoms with E-state index in [0.29, 0.717) is 24.7 Å². The monoisotopic (exact) mass is 313 g/mol. The van der Waals surface area contributed by atoms with E-state index in [0.717, 1.165) is 24.9 Å². The molecule has 0 atom stereocenters. The number of rotatable bonds is 6. The molecule has 23 heavy (non-hydrogen) atoms. The van der Waals surface area contributed by atoms with Crippen LogP contribution in [0.25, 0.3) is 0 Å². The summed E-state index contributed by atoms with van der Waals surface area (Å²) in [6.45, 7) is 0. The van der Waals surface area contributed by atoms with Crippen molar-refractivity contribution >= 4 is 11.6 Å². The number of nitrogens with one attached hydrogen (secondary N) is 1. The Labute approximate surface area is 136 Å². The van der Waals surface area contributed by atoms with Gasteiger partial charge in [0.15, 0.2) is 5.82 Å². The molecule has 1 aliphatic carbocycles. The molecule has 6 heteroatoms. The second-order valence-electron chi connectivity index (χ2n) is 6.07. The first kappa shape index (κ1) is 15.6. The minimum Gasteiger partial charge on any atom is -0.309 e. The van der Waals surface area contributed by atoms with Crippen molar-refractivity contribution < 1.29 is 4.79 Å². The highest BCUT2D eigenvalue weighted by molar-refractivity contribution is 5.93. The maximum Gasteiger partial charge on any atom is 0.227 e. The van der Waals surface area contributed by atoms with Crippen molar-refractivity contribution in [2.75, 3.05) is 4.90 Å². The smallest absolute Gasteiger partial charge is 0.227 e. The predicted octanol–water partition coefficient (Wildman–Crippen LogP) is 2.89. The summed E-state index contributed by atoms with van der Waals surface area (Å²) in [4.78, 5) is 14.9. The summed E-state index contributed by atoms with van der Waals surface area (Å²) in [7, 11) is 0. The normalized spacial score (nSPS) is 15.5. The SMILES string of the molecule is O=C(CCCc1nn[nH]n1)N(c1ccccc1)C1CCCCC1. The first-order chi connectivity index (χ1) is 11.3. The number of anilines is 1. The van der Waals surface area contributed by atoms with Crippen LogP contribution in [0.1, 0.15) is 50.8 Å². The highest BCUT2D eigenvalue weighted by Gasteiger charge is 2.26. The number of hydrogen-bond acceptors (Lipinski definition) is 4. The number of para-hydroxylation sites is 1. The maximum atomic E-state index is 12.8. The van der Waals surface area contributed by atoms with E-state index < -0.39 is 0 Å². The molecule has 0 unspecified atom stereocenters. The first-order valence-corrected chi connectivity index (χ1v) is 8.44. The van der Waals surface area contributed by atoms with E-state index in [4.69, 9.17) is 0 Å². The lowest BCUT2D eigenvalue weighted by molar-refractivity contribution is -0.119. The molecular weight excluding hydrogens is 290 g/mol. The minimum atomic E-state index is 0.201. The number of aromatic amines is 1. The van der Waals surface area contributed by atoms with E-state index in [9.17, 15) is 4.79 Å². The highest BCUT2D eigenvalue weighted by atomic mass is 16.2. The summed E-state index contributed by atoms with van der Waals surface area (Å²) >= 11 is 0. The fourth-order valence-corrected chi connectivity index (χ4v) is 3.29. The topological polar surface area (TPSA) is 74.8 Å². The zero-order valence-electron chi connectivity index (χ0n) is 13.3. The van der Waals surface area contributed by atoms with Gasteiger partial charge in [0, 0.05) is 24.6 Å². The number of tetrazole rings is 1. The van der Waals surface area contributed by atoms with Gasteiger partial charge in [-0.3, -0.25) is 4.79 Å². The van der Waals surface area contributed by atoms with E-state index in [1.54, 1.807) is 0 Å². The Morgan fingerprint density at radius 2 is 1.96 bits per heavy atom. The second-order valence-corrected chi connectivity index (χ2v) is 6.07. The standard InChI is InChI=1S/C17H23N5O/c23-17(13-7-12-16-18-20-21-19-16)22(14-8-3-1-4-9-14)15-10-5-2-6-11-15/h1,3-4,8-9,15H,2,5-7,10-13H2,(H,18,19,20,21). The third-order valence-corrected chi connectivity index (χ3v) is 4.42. The molecule has 122 valence electrons. The number of hydrogen-bond donors (Lipinski definition) is 1. The minimum absolute atomic E-state index is 0.201. The molecule has 2 aromatic rings. The van der Waals surface area contributed by atoms with Gasteiger partial charge in [-0.1, -0.05) is 42.7 Å². The van der Waals surface area contributed by atoms with Gasteiger partial charge in [0.2, 0.25) is 5.91 Å². The first-order valence-electron chi connectivity index (χ1n) is 8.44. The largest absolute Gasteiger partial charge is 0.309 e. The molecule has 0 saturated heterocycles. The molecular formula is C17H23N5O. The van der Waals surface area contributed by atoms with Crippen LogP contribution in [0.5, 0.6) is 0 Å². The van der Waals surface area contributed by atoms with Crippen LogP contribution in [-0.2, 0) is 11.2 Å². The summed E-state index contributed by atoms with van der Waals surface area (Å²) in [5.41, 5.74) is 1.02. The molecule has 0 radical (unpaired) electrons. The van der Waals surface area contributed by atoms with Crippen LogP contribution in [0.4, 0.5) is 5.69 Å². The second kappa shape index (κ2) is 7.85. The quantitative estimate of drug-likeness (QED) is 0.890. The molecule has 0 spiro atoms. The van der Waals surface area contributed by atoms with Gasteiger partial charge in [0.1, 0.15) is 0 Å². The Balaban J connectivity index is 1.65. The lowest BCUT2D eigenvalue weighted by Gasteiger charge is -2.34. The summed E-state index contributed by atoms with van der Waals surface area (Å²) in [5.74, 6) is 0.869. The number of aryl methyl sites for hydroxylation is 1. The Morgan fingerprint density at radius 3 is 2.65 bits per heavy atom. The molecule has 0 aliphatic heterocycles. The van der Waals surface area contributed by atoms with Gasteiger partial charge < -0.3 is 4.90 Å². The lowest BCUT2D eigenvalue weighted by atomic mass is 9.93. The Bertz CT molecular complexity index is 593. The predicted molar refractivity (Wildman–Crippen MR) is 87.9 cm³/mol. The van der Waals surface area contributed by atoms with Gasteiger partial charge in [-0.05, 0) is 31.4 Å². The van der Waals surface area contributed by atoms with Crippen molar-refractivity contribution in [3.63, 3.8) is 0 Å². The van der Waals surface area contributed by atoms with Crippen molar-refractivity contribution in [3.8, 4) is 0 Å². The maximum absolute atomic E-state index is 12.8. The zero-order chi connectivity index (χ0) is 15.9. The number of aromatic nitrogens is 4. The third-order valence-electron chi connectivity index (χ3n) is 4.42. The van der Waals surface area contributed by atoms with Crippen LogP contribution < -0.4 is 4.90 Å². The lowest BCUT2D eigenvalue weighted by Crippen LogP contribution is -2.41. The molecule has 0 bridgehead atoms. The molecule has 1 saturated carbocycles. The van der Waals surface area contributed by atoms with E-state index in [-0.39, 0.29) is 5.91 Å². The van der Waals surface area contributed by atoms with Crippen LogP contribution in [0.2, 0.25) is 0 Å². The number of benzene rings is 1. The number of H-pyrrole nitrogens is 1.